The Morgan fingerprint density at radius 2 is 2.12 bits per heavy atom. The molecule has 0 fully saturated rings. The van der Waals surface area contributed by atoms with Crippen LogP contribution >= 0.6 is 0 Å². The number of H-pyrrole nitrogens is 1. The molecule has 0 bridgehead atoms. The molecule has 0 spiro atoms. The van der Waals surface area contributed by atoms with E-state index >= 15 is 0 Å². The molecular weight excluding hydrogens is 228 g/mol. The van der Waals surface area contributed by atoms with E-state index in [4.69, 9.17) is 0 Å². The molecule has 6 nitrogen and oxygen atoms in total. The second kappa shape index (κ2) is 5.86. The van der Waals surface area contributed by atoms with Crippen molar-refractivity contribution in [3.05, 3.63) is 11.8 Å². The summed E-state index contributed by atoms with van der Waals surface area (Å²) >= 11 is 0. The fourth-order valence-electron chi connectivity index (χ4n) is 1.22. The molecule has 0 aliphatic carbocycles. The monoisotopic (exact) mass is 246 g/mol. The van der Waals surface area contributed by atoms with Gasteiger partial charge >= 0.3 is 0 Å². The fourth-order valence-corrected chi connectivity index (χ4v) is 2.15. The molecule has 0 aromatic carbocycles. The van der Waals surface area contributed by atoms with Gasteiger partial charge in [0.15, 0.2) is 5.82 Å². The Morgan fingerprint density at radius 3 is 2.75 bits per heavy atom. The molecule has 0 unspecified atom stereocenters. The number of hydrogen-bond acceptors (Lipinski definition) is 3. The summed E-state index contributed by atoms with van der Waals surface area (Å²) in [6, 6.07) is 1.70. The highest BCUT2D eigenvalue weighted by Crippen LogP contribution is 2.08. The predicted molar refractivity (Wildman–Crippen MR) is 63.4 cm³/mol. The second-order valence-corrected chi connectivity index (χ2v) is 5.03. The van der Waals surface area contributed by atoms with Crippen LogP contribution in [0.25, 0.3) is 0 Å². The fraction of sp³-hybridized carbons (Fsp3) is 0.667. The van der Waals surface area contributed by atoms with Crippen molar-refractivity contribution in [2.24, 2.45) is 0 Å². The number of nitrogens with zero attached hydrogens (tertiary/aromatic N) is 1. The summed E-state index contributed by atoms with van der Waals surface area (Å²) < 4.78 is 27.7. The molecule has 1 aromatic heterocycles. The maximum absolute atomic E-state index is 11.4. The van der Waals surface area contributed by atoms with Gasteiger partial charge in [0.05, 0.1) is 0 Å². The van der Waals surface area contributed by atoms with Crippen molar-refractivity contribution in [1.29, 1.82) is 0 Å². The molecule has 16 heavy (non-hydrogen) atoms. The molecule has 1 rings (SSSR count). The number of anilines is 1. The lowest BCUT2D eigenvalue weighted by Crippen LogP contribution is -2.30. The summed E-state index contributed by atoms with van der Waals surface area (Å²) in [5.41, 5.74) is 0.927. The summed E-state index contributed by atoms with van der Waals surface area (Å²) in [6.45, 7) is 4.37. The van der Waals surface area contributed by atoms with E-state index < -0.39 is 10.2 Å². The minimum absolute atomic E-state index is 0.326. The number of nitrogens with one attached hydrogen (secondary N) is 3. The molecule has 0 radical (unpaired) electrons. The van der Waals surface area contributed by atoms with Crippen LogP contribution in [0.5, 0.6) is 0 Å². The Labute approximate surface area is 96.0 Å². The number of hydrogen-bond donors (Lipinski definition) is 3. The van der Waals surface area contributed by atoms with Crippen molar-refractivity contribution in [1.82, 2.24) is 14.9 Å². The smallest absolute Gasteiger partial charge is 0.280 e. The van der Waals surface area contributed by atoms with E-state index in [2.05, 4.69) is 19.6 Å². The third-order valence-electron chi connectivity index (χ3n) is 1.93. The van der Waals surface area contributed by atoms with Crippen LogP contribution in [0.1, 0.15) is 32.4 Å². The normalized spacial score (nSPS) is 11.6. The predicted octanol–water partition coefficient (Wildman–Crippen LogP) is 1.02. The Hall–Kier alpha value is -1.08. The zero-order chi connectivity index (χ0) is 12.0. The lowest BCUT2D eigenvalue weighted by Gasteiger charge is -2.04. The van der Waals surface area contributed by atoms with Gasteiger partial charge in [-0.05, 0) is 12.8 Å². The van der Waals surface area contributed by atoms with Gasteiger partial charge in [0.1, 0.15) is 0 Å². The van der Waals surface area contributed by atoms with Crippen LogP contribution in [-0.4, -0.2) is 25.2 Å². The number of aromatic nitrogens is 2. The van der Waals surface area contributed by atoms with E-state index in [-0.39, 0.29) is 0 Å². The van der Waals surface area contributed by atoms with Crippen molar-refractivity contribution >= 4 is 16.0 Å². The van der Waals surface area contributed by atoms with Gasteiger partial charge in [-0.1, -0.05) is 20.3 Å². The SMILES string of the molecule is CCCNS(=O)(=O)Nc1cc(CCC)[nH]n1. The first kappa shape index (κ1) is 13.0. The number of aromatic amines is 1. The summed E-state index contributed by atoms with van der Waals surface area (Å²) in [5, 5.41) is 6.65. The average molecular weight is 246 g/mol. The number of aryl methyl sites for hydroxylation is 1. The third kappa shape index (κ3) is 4.19. The summed E-state index contributed by atoms with van der Waals surface area (Å²) in [7, 11) is -3.48. The van der Waals surface area contributed by atoms with Crippen LogP contribution in [0.4, 0.5) is 5.82 Å². The minimum Gasteiger partial charge on any atom is -0.280 e. The zero-order valence-corrected chi connectivity index (χ0v) is 10.4. The van der Waals surface area contributed by atoms with Crippen LogP contribution in [0.15, 0.2) is 6.07 Å². The summed E-state index contributed by atoms with van der Waals surface area (Å²) in [4.78, 5) is 0. The first-order valence-electron chi connectivity index (χ1n) is 5.39. The highest BCUT2D eigenvalue weighted by atomic mass is 32.2. The lowest BCUT2D eigenvalue weighted by molar-refractivity contribution is 0.586. The Balaban J connectivity index is 2.58. The zero-order valence-electron chi connectivity index (χ0n) is 9.58. The van der Waals surface area contributed by atoms with E-state index in [1.54, 1.807) is 6.07 Å². The van der Waals surface area contributed by atoms with Gasteiger partial charge < -0.3 is 0 Å². The third-order valence-corrected chi connectivity index (χ3v) is 2.99. The van der Waals surface area contributed by atoms with E-state index in [1.165, 1.54) is 0 Å². The summed E-state index contributed by atoms with van der Waals surface area (Å²) in [5.74, 6) is 0.326. The average Bonchev–Trinajstić information content (AvgIpc) is 2.62. The Bertz CT molecular complexity index is 413. The van der Waals surface area contributed by atoms with E-state index in [0.29, 0.717) is 12.4 Å². The highest BCUT2D eigenvalue weighted by molar-refractivity contribution is 7.90. The largest absolute Gasteiger partial charge is 0.300 e. The molecule has 0 aliphatic heterocycles. The Morgan fingerprint density at radius 1 is 1.38 bits per heavy atom. The highest BCUT2D eigenvalue weighted by Gasteiger charge is 2.10. The van der Waals surface area contributed by atoms with Gasteiger partial charge in [-0.3, -0.25) is 9.82 Å². The maximum atomic E-state index is 11.4. The van der Waals surface area contributed by atoms with Gasteiger partial charge in [-0.2, -0.15) is 18.2 Å². The molecule has 7 heteroatoms. The van der Waals surface area contributed by atoms with Gasteiger partial charge in [-0.25, -0.2) is 0 Å². The minimum atomic E-state index is -3.48. The molecule has 0 atom stereocenters. The van der Waals surface area contributed by atoms with Crippen molar-refractivity contribution < 1.29 is 8.42 Å². The van der Waals surface area contributed by atoms with E-state index in [1.807, 2.05) is 13.8 Å². The molecule has 0 amide bonds. The van der Waals surface area contributed by atoms with Gasteiger partial charge in [-0.15, -0.1) is 0 Å². The summed E-state index contributed by atoms with van der Waals surface area (Å²) in [6.07, 6.45) is 2.60. The first-order chi connectivity index (χ1) is 7.57. The molecule has 92 valence electrons. The van der Waals surface area contributed by atoms with E-state index in [0.717, 1.165) is 25.0 Å². The van der Waals surface area contributed by atoms with Gasteiger partial charge in [0, 0.05) is 18.3 Å². The molecule has 3 N–H and O–H groups in total. The van der Waals surface area contributed by atoms with Crippen LogP contribution in [0.3, 0.4) is 0 Å². The molecule has 0 aliphatic rings. The van der Waals surface area contributed by atoms with E-state index in [9.17, 15) is 8.42 Å². The molecule has 1 aromatic rings. The molecule has 0 saturated heterocycles. The van der Waals surface area contributed by atoms with Crippen LogP contribution < -0.4 is 9.44 Å². The van der Waals surface area contributed by atoms with Crippen molar-refractivity contribution in [3.63, 3.8) is 0 Å². The van der Waals surface area contributed by atoms with Crippen molar-refractivity contribution in [2.75, 3.05) is 11.3 Å². The van der Waals surface area contributed by atoms with Crippen LogP contribution in [-0.2, 0) is 16.6 Å². The molecule has 0 saturated carbocycles. The number of rotatable bonds is 7. The first-order valence-corrected chi connectivity index (χ1v) is 6.87. The maximum Gasteiger partial charge on any atom is 0.300 e. The van der Waals surface area contributed by atoms with Crippen molar-refractivity contribution in [2.45, 2.75) is 33.1 Å². The van der Waals surface area contributed by atoms with Crippen LogP contribution in [0.2, 0.25) is 0 Å². The quantitative estimate of drug-likeness (QED) is 0.671. The van der Waals surface area contributed by atoms with Gasteiger partial charge in [0.2, 0.25) is 0 Å². The second-order valence-electron chi connectivity index (χ2n) is 3.53. The van der Waals surface area contributed by atoms with Crippen molar-refractivity contribution in [3.8, 4) is 0 Å². The lowest BCUT2D eigenvalue weighted by atomic mass is 10.2. The Kier molecular flexibility index (Phi) is 4.75. The standard InChI is InChI=1S/C9H18N4O2S/c1-3-5-8-7-9(12-11-8)13-16(14,15)10-6-4-2/h7,10H,3-6H2,1-2H3,(H2,11,12,13). The molecule has 1 heterocycles. The topological polar surface area (TPSA) is 86.9 Å². The molecular formula is C9H18N4O2S. The van der Waals surface area contributed by atoms with Gasteiger partial charge in [0.25, 0.3) is 10.2 Å². The van der Waals surface area contributed by atoms with Crippen LogP contribution in [0, 0.1) is 0 Å².